The zero-order valence-corrected chi connectivity index (χ0v) is 9.01. The van der Waals surface area contributed by atoms with Gasteiger partial charge < -0.3 is 0 Å². The number of rotatable bonds is 0. The maximum Gasteiger partial charge on any atom is 0.0256 e. The first-order chi connectivity index (χ1) is 5.30. The fourth-order valence-electron chi connectivity index (χ4n) is 3.96. The van der Waals surface area contributed by atoms with Crippen molar-refractivity contribution in [1.82, 2.24) is 0 Å². The van der Waals surface area contributed by atoms with E-state index in [0.29, 0.717) is 0 Å². The number of hydrogen-bond acceptors (Lipinski definition) is 0. The van der Waals surface area contributed by atoms with Crippen LogP contribution in [0.4, 0.5) is 0 Å². The molecule has 2 bridgehead atoms. The van der Waals surface area contributed by atoms with Crippen molar-refractivity contribution in [2.75, 3.05) is 0 Å². The Morgan fingerprint density at radius 3 is 2.91 bits per heavy atom. The van der Waals surface area contributed by atoms with Crippen molar-refractivity contribution in [2.24, 2.45) is 17.8 Å². The summed E-state index contributed by atoms with van der Waals surface area (Å²) in [4.78, 5) is 0. The van der Waals surface area contributed by atoms with E-state index in [0.717, 1.165) is 15.3 Å². The van der Waals surface area contributed by atoms with E-state index in [1.165, 1.54) is 12.3 Å². The molecule has 0 aromatic carbocycles. The van der Waals surface area contributed by atoms with Gasteiger partial charge in [0.1, 0.15) is 0 Å². The van der Waals surface area contributed by atoms with Crippen LogP contribution in [0.2, 0.25) is 0 Å². The average Bonchev–Trinajstić information content (AvgIpc) is 2.53. The fourth-order valence-corrected chi connectivity index (χ4v) is 5.61. The molecule has 3 aliphatic rings. The van der Waals surface area contributed by atoms with Gasteiger partial charge in [0.2, 0.25) is 0 Å². The van der Waals surface area contributed by atoms with Gasteiger partial charge in [-0.05, 0) is 49.9 Å². The molecule has 0 aromatic heterocycles. The summed E-state index contributed by atoms with van der Waals surface area (Å²) in [5.41, 5.74) is 0. The third-order valence-electron chi connectivity index (χ3n) is 4.37. The van der Waals surface area contributed by atoms with Crippen molar-refractivity contribution in [3.05, 3.63) is 0 Å². The highest BCUT2D eigenvalue weighted by Gasteiger charge is 2.57. The molecule has 62 valence electrons. The third-order valence-corrected chi connectivity index (χ3v) is 6.15. The van der Waals surface area contributed by atoms with Gasteiger partial charge in [-0.1, -0.05) is 29.0 Å². The third kappa shape index (κ3) is 0.812. The maximum atomic E-state index is 2.79. The largest absolute Gasteiger partial charge is 0.0785 e. The standard InChI is InChI=1S/C10H15I/c11-10-5-4-7(6-10)8-2-1-3-9(8)10/h7-9H,1-6H2. The van der Waals surface area contributed by atoms with E-state index < -0.39 is 0 Å². The van der Waals surface area contributed by atoms with E-state index in [-0.39, 0.29) is 0 Å². The highest BCUT2D eigenvalue weighted by atomic mass is 127. The summed E-state index contributed by atoms with van der Waals surface area (Å²) in [7, 11) is 0. The van der Waals surface area contributed by atoms with Crippen molar-refractivity contribution in [2.45, 2.75) is 41.9 Å². The second-order valence-electron chi connectivity index (χ2n) is 4.74. The second-order valence-corrected chi connectivity index (χ2v) is 6.89. The van der Waals surface area contributed by atoms with Gasteiger partial charge in [0, 0.05) is 3.42 Å². The Kier molecular flexibility index (Phi) is 1.40. The van der Waals surface area contributed by atoms with E-state index in [1.807, 2.05) is 0 Å². The van der Waals surface area contributed by atoms with Crippen LogP contribution in [0.3, 0.4) is 0 Å². The molecule has 4 atom stereocenters. The lowest BCUT2D eigenvalue weighted by atomic mass is 9.82. The van der Waals surface area contributed by atoms with Crippen LogP contribution < -0.4 is 0 Å². The Morgan fingerprint density at radius 1 is 1.18 bits per heavy atom. The molecule has 3 fully saturated rings. The van der Waals surface area contributed by atoms with Gasteiger partial charge in [0.15, 0.2) is 0 Å². The Balaban J connectivity index is 1.98. The van der Waals surface area contributed by atoms with Crippen molar-refractivity contribution < 1.29 is 0 Å². The van der Waals surface area contributed by atoms with Crippen molar-refractivity contribution in [3.63, 3.8) is 0 Å². The fraction of sp³-hybridized carbons (Fsp3) is 1.00. The molecule has 3 rings (SSSR count). The molecule has 0 aromatic rings. The van der Waals surface area contributed by atoms with Gasteiger partial charge in [0.05, 0.1) is 0 Å². The van der Waals surface area contributed by atoms with Crippen LogP contribution >= 0.6 is 22.6 Å². The molecular formula is C10H15I. The summed E-state index contributed by atoms with van der Waals surface area (Å²) < 4.78 is 0.781. The molecule has 3 saturated carbocycles. The quantitative estimate of drug-likeness (QED) is 0.463. The van der Waals surface area contributed by atoms with Crippen LogP contribution in [0.1, 0.15) is 38.5 Å². The van der Waals surface area contributed by atoms with Gasteiger partial charge >= 0.3 is 0 Å². The minimum absolute atomic E-state index is 0.781. The molecule has 11 heavy (non-hydrogen) atoms. The van der Waals surface area contributed by atoms with E-state index in [9.17, 15) is 0 Å². The lowest BCUT2D eigenvalue weighted by Crippen LogP contribution is -2.27. The van der Waals surface area contributed by atoms with Gasteiger partial charge in [-0.15, -0.1) is 0 Å². The molecule has 0 aliphatic heterocycles. The van der Waals surface area contributed by atoms with Gasteiger partial charge in [0.25, 0.3) is 0 Å². The first kappa shape index (κ1) is 7.16. The second kappa shape index (κ2) is 2.15. The van der Waals surface area contributed by atoms with Crippen LogP contribution in [0.25, 0.3) is 0 Å². The predicted molar refractivity (Wildman–Crippen MR) is 54.9 cm³/mol. The normalized spacial score (nSPS) is 60.3. The maximum absolute atomic E-state index is 2.79. The van der Waals surface area contributed by atoms with Gasteiger partial charge in [-0.2, -0.15) is 0 Å². The topological polar surface area (TPSA) is 0 Å². The Labute approximate surface area is 82.3 Å². The molecule has 1 heteroatoms. The smallest absolute Gasteiger partial charge is 0.0256 e. The highest BCUT2D eigenvalue weighted by molar-refractivity contribution is 14.1. The average molecular weight is 262 g/mol. The molecule has 0 saturated heterocycles. The molecule has 0 heterocycles. The summed E-state index contributed by atoms with van der Waals surface area (Å²) in [6.45, 7) is 0. The number of hydrogen-bond donors (Lipinski definition) is 0. The van der Waals surface area contributed by atoms with Crippen LogP contribution in [0, 0.1) is 17.8 Å². The van der Waals surface area contributed by atoms with Gasteiger partial charge in [-0.3, -0.25) is 0 Å². The molecule has 4 unspecified atom stereocenters. The minimum atomic E-state index is 0.781. The van der Waals surface area contributed by atoms with E-state index >= 15 is 0 Å². The summed E-state index contributed by atoms with van der Waals surface area (Å²) in [5, 5.41) is 0. The molecule has 0 spiro atoms. The lowest BCUT2D eigenvalue weighted by molar-refractivity contribution is 0.283. The molecule has 0 amide bonds. The molecule has 0 nitrogen and oxygen atoms in total. The van der Waals surface area contributed by atoms with Crippen LogP contribution in [0.5, 0.6) is 0 Å². The first-order valence-electron chi connectivity index (χ1n) is 4.98. The predicted octanol–water partition coefficient (Wildman–Crippen LogP) is 3.39. The monoisotopic (exact) mass is 262 g/mol. The Morgan fingerprint density at radius 2 is 2.09 bits per heavy atom. The number of halogens is 1. The van der Waals surface area contributed by atoms with Crippen LogP contribution in [-0.2, 0) is 0 Å². The molecule has 0 N–H and O–H groups in total. The molecule has 3 aliphatic carbocycles. The zero-order valence-electron chi connectivity index (χ0n) is 6.85. The van der Waals surface area contributed by atoms with Crippen molar-refractivity contribution >= 4 is 22.6 Å². The Hall–Kier alpha value is 0.730. The van der Waals surface area contributed by atoms with E-state index in [2.05, 4.69) is 22.6 Å². The summed E-state index contributed by atoms with van der Waals surface area (Å²) in [6.07, 6.45) is 9.34. The number of fused-ring (bicyclic) bond motifs is 5. The summed E-state index contributed by atoms with van der Waals surface area (Å²) in [5.74, 6) is 3.46. The Bertz CT molecular complexity index is 189. The summed E-state index contributed by atoms with van der Waals surface area (Å²) in [6, 6.07) is 0. The van der Waals surface area contributed by atoms with Gasteiger partial charge in [-0.25, -0.2) is 0 Å². The van der Waals surface area contributed by atoms with Crippen LogP contribution in [-0.4, -0.2) is 3.42 Å². The number of alkyl halides is 1. The summed E-state index contributed by atoms with van der Waals surface area (Å²) >= 11 is 2.79. The van der Waals surface area contributed by atoms with Crippen molar-refractivity contribution in [3.8, 4) is 0 Å². The minimum Gasteiger partial charge on any atom is -0.0785 e. The van der Waals surface area contributed by atoms with E-state index in [4.69, 9.17) is 0 Å². The SMILES string of the molecule is IC12CCC(C1)C1CCCC12. The molecule has 0 radical (unpaired) electrons. The highest BCUT2D eigenvalue weighted by Crippen LogP contribution is 2.64. The lowest BCUT2D eigenvalue weighted by Gasteiger charge is -2.30. The van der Waals surface area contributed by atoms with Crippen molar-refractivity contribution in [1.29, 1.82) is 0 Å². The zero-order chi connectivity index (χ0) is 7.47. The van der Waals surface area contributed by atoms with Crippen LogP contribution in [0.15, 0.2) is 0 Å². The van der Waals surface area contributed by atoms with E-state index in [1.54, 1.807) is 32.1 Å². The molecular weight excluding hydrogens is 247 g/mol. The first-order valence-corrected chi connectivity index (χ1v) is 6.06.